The first-order valence-corrected chi connectivity index (χ1v) is 10.3. The van der Waals surface area contributed by atoms with Crippen molar-refractivity contribution in [2.45, 2.75) is 39.8 Å². The molecule has 158 valence electrons. The molecule has 1 amide bonds. The Bertz CT molecular complexity index is 1050. The highest BCUT2D eigenvalue weighted by Gasteiger charge is 2.20. The summed E-state index contributed by atoms with van der Waals surface area (Å²) < 4.78 is 7.12. The monoisotopic (exact) mass is 427 g/mol. The first-order valence-electron chi connectivity index (χ1n) is 9.94. The number of pyridine rings is 1. The third kappa shape index (κ3) is 4.91. The van der Waals surface area contributed by atoms with Crippen LogP contribution in [0, 0.1) is 0 Å². The average Bonchev–Trinajstić information content (AvgIpc) is 3.17. The summed E-state index contributed by atoms with van der Waals surface area (Å²) >= 11 is 6.04. The molecular weight excluding hydrogens is 402 g/mol. The number of allylic oxidation sites excluding steroid dienone is 1. The first kappa shape index (κ1) is 21.6. The normalized spacial score (nSPS) is 12.7. The molecule has 0 radical (unpaired) electrons. The van der Waals surface area contributed by atoms with Crippen LogP contribution in [0.5, 0.6) is 0 Å². The van der Waals surface area contributed by atoms with Gasteiger partial charge in [0.2, 0.25) is 0 Å². The van der Waals surface area contributed by atoms with Gasteiger partial charge in [-0.25, -0.2) is 4.98 Å². The maximum atomic E-state index is 13.1. The largest absolute Gasteiger partial charge is 0.472 e. The number of benzene rings is 1. The van der Waals surface area contributed by atoms with Gasteiger partial charge in [0.25, 0.3) is 5.91 Å². The number of fused-ring (bicyclic) bond motifs is 1. The quantitative estimate of drug-likeness (QED) is 0.533. The van der Waals surface area contributed by atoms with Gasteiger partial charge in [-0.05, 0) is 55.6 Å². The first-order chi connectivity index (χ1) is 14.4. The molecule has 2 heterocycles. The van der Waals surface area contributed by atoms with Crippen LogP contribution in [0.4, 0.5) is 5.82 Å². The van der Waals surface area contributed by atoms with Gasteiger partial charge in [0.1, 0.15) is 5.82 Å². The number of nitrogen functional groups attached to an aromatic ring is 1. The fourth-order valence-corrected chi connectivity index (χ4v) is 3.35. The molecule has 2 aromatic heterocycles. The lowest BCUT2D eigenvalue weighted by molar-refractivity contribution is 0.0752. The molecule has 0 bridgehead atoms. The number of halogens is 1. The van der Waals surface area contributed by atoms with Crippen molar-refractivity contribution in [2.75, 3.05) is 12.3 Å². The molecule has 30 heavy (non-hydrogen) atoms. The van der Waals surface area contributed by atoms with Crippen molar-refractivity contribution >= 4 is 29.0 Å². The van der Waals surface area contributed by atoms with Crippen molar-refractivity contribution < 1.29 is 9.53 Å². The highest BCUT2D eigenvalue weighted by Crippen LogP contribution is 2.22. The molecule has 7 nitrogen and oxygen atoms in total. The van der Waals surface area contributed by atoms with E-state index in [-0.39, 0.29) is 5.91 Å². The van der Waals surface area contributed by atoms with Crippen LogP contribution < -0.4 is 5.73 Å². The molecule has 0 saturated carbocycles. The summed E-state index contributed by atoms with van der Waals surface area (Å²) in [5.74, 6) is 0.650. The van der Waals surface area contributed by atoms with Crippen molar-refractivity contribution in [2.24, 2.45) is 0 Å². The number of nitrogens with two attached hydrogens (primary N) is 1. The molecule has 2 N–H and O–H groups in total. The highest BCUT2D eigenvalue weighted by atomic mass is 35.5. The fourth-order valence-electron chi connectivity index (χ4n) is 3.06. The summed E-state index contributed by atoms with van der Waals surface area (Å²) in [4.78, 5) is 19.3. The lowest BCUT2D eigenvalue weighted by Crippen LogP contribution is -2.30. The van der Waals surface area contributed by atoms with E-state index in [4.69, 9.17) is 22.1 Å². The number of aromatic nitrogens is 3. The van der Waals surface area contributed by atoms with Gasteiger partial charge in [-0.1, -0.05) is 37.3 Å². The summed E-state index contributed by atoms with van der Waals surface area (Å²) in [5, 5.41) is 4.70. The van der Waals surface area contributed by atoms with Crippen LogP contribution in [0.1, 0.15) is 55.0 Å². The highest BCUT2D eigenvalue weighted by molar-refractivity contribution is 6.28. The van der Waals surface area contributed by atoms with E-state index in [2.05, 4.69) is 10.1 Å². The van der Waals surface area contributed by atoms with Gasteiger partial charge in [0.15, 0.2) is 22.8 Å². The van der Waals surface area contributed by atoms with Crippen molar-refractivity contribution in [1.82, 2.24) is 19.5 Å². The zero-order chi connectivity index (χ0) is 21.7. The molecule has 1 aromatic carbocycles. The zero-order valence-corrected chi connectivity index (χ0v) is 18.1. The van der Waals surface area contributed by atoms with Crippen LogP contribution in [-0.4, -0.2) is 31.9 Å². The van der Waals surface area contributed by atoms with Gasteiger partial charge in [-0.3, -0.25) is 4.79 Å². The van der Waals surface area contributed by atoms with Crippen molar-refractivity contribution in [3.8, 4) is 0 Å². The van der Waals surface area contributed by atoms with E-state index in [1.54, 1.807) is 23.1 Å². The Balaban J connectivity index is 1.86. The minimum atomic E-state index is -0.455. The number of nitrogens with zero attached hydrogens (tertiary/aromatic N) is 4. The predicted octanol–water partition coefficient (Wildman–Crippen LogP) is 4.54. The van der Waals surface area contributed by atoms with Crippen LogP contribution in [-0.2, 0) is 11.3 Å². The van der Waals surface area contributed by atoms with Gasteiger partial charge >= 0.3 is 0 Å². The maximum absolute atomic E-state index is 13.1. The van der Waals surface area contributed by atoms with E-state index in [0.717, 1.165) is 12.0 Å². The number of hydrogen-bond donors (Lipinski definition) is 1. The van der Waals surface area contributed by atoms with Crippen LogP contribution in [0.2, 0.25) is 0 Å². The summed E-state index contributed by atoms with van der Waals surface area (Å²) in [7, 11) is 0. The van der Waals surface area contributed by atoms with Gasteiger partial charge in [-0.15, -0.1) is 5.10 Å². The lowest BCUT2D eigenvalue weighted by atomic mass is 10.1. The molecule has 0 fully saturated rings. The third-order valence-corrected chi connectivity index (χ3v) is 4.87. The van der Waals surface area contributed by atoms with Crippen molar-refractivity contribution in [3.05, 3.63) is 70.7 Å². The van der Waals surface area contributed by atoms with E-state index in [1.807, 2.05) is 51.1 Å². The molecule has 1 unspecified atom stereocenters. The van der Waals surface area contributed by atoms with Gasteiger partial charge in [0, 0.05) is 18.7 Å². The molecule has 0 aliphatic rings. The van der Waals surface area contributed by atoms with E-state index in [0.29, 0.717) is 41.2 Å². The van der Waals surface area contributed by atoms with Crippen LogP contribution in [0.3, 0.4) is 0 Å². The summed E-state index contributed by atoms with van der Waals surface area (Å²) in [5.41, 5.74) is 8.18. The van der Waals surface area contributed by atoms with Crippen LogP contribution in [0.15, 0.2) is 53.8 Å². The predicted molar refractivity (Wildman–Crippen MR) is 118 cm³/mol. The van der Waals surface area contributed by atoms with Gasteiger partial charge in [-0.2, -0.15) is 4.52 Å². The standard InChI is InChI=1S/C22H26ClN5O2/c1-4-9-18(23)30-15(3)21-25-20-13-17(12-19(24)28(20)26-21)22(29)27(5-2)14-16-10-7-6-8-11-16/h6-13,15H,4-5,14,24H2,1-3H3/b18-9-. The Hall–Kier alpha value is -3.06. The summed E-state index contributed by atoms with van der Waals surface area (Å²) in [6.45, 7) is 6.82. The van der Waals surface area contributed by atoms with E-state index < -0.39 is 6.10 Å². The lowest BCUT2D eigenvalue weighted by Gasteiger charge is -2.21. The maximum Gasteiger partial charge on any atom is 0.254 e. The zero-order valence-electron chi connectivity index (χ0n) is 17.4. The third-order valence-electron chi connectivity index (χ3n) is 4.63. The molecule has 3 rings (SSSR count). The second kappa shape index (κ2) is 9.63. The fraction of sp³-hybridized carbons (Fsp3) is 0.318. The second-order valence-corrected chi connectivity index (χ2v) is 7.26. The molecule has 3 aromatic rings. The van der Waals surface area contributed by atoms with E-state index in [1.165, 1.54) is 4.52 Å². The molecule has 0 aliphatic heterocycles. The summed E-state index contributed by atoms with van der Waals surface area (Å²) in [6.07, 6.45) is 2.08. The van der Waals surface area contributed by atoms with Crippen LogP contribution in [0.25, 0.3) is 5.65 Å². The Labute approximate surface area is 181 Å². The number of amides is 1. The molecular formula is C22H26ClN5O2. The Kier molecular flexibility index (Phi) is 6.95. The van der Waals surface area contributed by atoms with Gasteiger partial charge < -0.3 is 15.4 Å². The minimum Gasteiger partial charge on any atom is -0.472 e. The molecule has 1 atom stereocenters. The number of anilines is 1. The number of hydrogen-bond acceptors (Lipinski definition) is 5. The number of carbonyl (C=O) groups is 1. The smallest absolute Gasteiger partial charge is 0.254 e. The van der Waals surface area contributed by atoms with Crippen molar-refractivity contribution in [3.63, 3.8) is 0 Å². The molecule has 0 aliphatic carbocycles. The average molecular weight is 428 g/mol. The molecule has 0 saturated heterocycles. The number of ether oxygens (including phenoxy) is 1. The Morgan fingerprint density at radius 1 is 1.30 bits per heavy atom. The number of rotatable bonds is 8. The Morgan fingerprint density at radius 3 is 2.70 bits per heavy atom. The minimum absolute atomic E-state index is 0.113. The van der Waals surface area contributed by atoms with Gasteiger partial charge in [0.05, 0.1) is 0 Å². The number of carbonyl (C=O) groups excluding carboxylic acids is 1. The topological polar surface area (TPSA) is 85.8 Å². The van der Waals surface area contributed by atoms with E-state index in [9.17, 15) is 4.79 Å². The van der Waals surface area contributed by atoms with E-state index >= 15 is 0 Å². The van der Waals surface area contributed by atoms with Crippen LogP contribution >= 0.6 is 11.6 Å². The molecule has 8 heteroatoms. The SMILES string of the molecule is CC/C=C(/Cl)OC(C)c1nc2cc(C(=O)N(CC)Cc3ccccc3)cc(N)n2n1. The Morgan fingerprint density at radius 2 is 2.03 bits per heavy atom. The summed E-state index contributed by atoms with van der Waals surface area (Å²) in [6, 6.07) is 13.2. The van der Waals surface area contributed by atoms with Crippen molar-refractivity contribution in [1.29, 1.82) is 0 Å². The second-order valence-electron chi connectivity index (χ2n) is 6.89. The molecule has 0 spiro atoms.